The van der Waals surface area contributed by atoms with Gasteiger partial charge in [-0.1, -0.05) is 4.68 Å². The van der Waals surface area contributed by atoms with Gasteiger partial charge in [-0.25, -0.2) is 10.5 Å². The number of ether oxygens (including phenoxy) is 2. The fourth-order valence-electron chi connectivity index (χ4n) is 2.62. The van der Waals surface area contributed by atoms with Gasteiger partial charge in [-0.05, 0) is 30.7 Å². The van der Waals surface area contributed by atoms with Crippen LogP contribution in [0.15, 0.2) is 40.5 Å². The molecular formula is C16H15N6O4+. The van der Waals surface area contributed by atoms with Crippen LogP contribution in [0, 0.1) is 6.92 Å². The first-order valence-corrected chi connectivity index (χ1v) is 7.79. The van der Waals surface area contributed by atoms with Crippen LogP contribution >= 0.6 is 0 Å². The summed E-state index contributed by atoms with van der Waals surface area (Å²) in [7, 11) is 0. The summed E-state index contributed by atoms with van der Waals surface area (Å²) in [5.41, 5.74) is 3.90. The van der Waals surface area contributed by atoms with Gasteiger partial charge in [-0.15, -0.1) is 4.52 Å². The lowest BCUT2D eigenvalue weighted by molar-refractivity contribution is -0.582. The SMILES string of the molecule is Cc1cc(=O)c2n(CC(=O)NN=Cc3ccc4c(c3)OCO4)nc[n+]2[nH]1. The number of benzene rings is 1. The molecule has 0 unspecified atom stereocenters. The van der Waals surface area contributed by atoms with Gasteiger partial charge in [0.2, 0.25) is 6.79 Å². The summed E-state index contributed by atoms with van der Waals surface area (Å²) in [6.45, 7) is 1.82. The summed E-state index contributed by atoms with van der Waals surface area (Å²) in [6, 6.07) is 6.77. The predicted octanol–water partition coefficient (Wildman–Crippen LogP) is -0.502. The van der Waals surface area contributed by atoms with E-state index in [9.17, 15) is 9.59 Å². The molecule has 1 amide bonds. The average molecular weight is 355 g/mol. The number of carbonyl (C=O) groups is 1. The number of fused-ring (bicyclic) bond motifs is 2. The predicted molar refractivity (Wildman–Crippen MR) is 89.0 cm³/mol. The highest BCUT2D eigenvalue weighted by Crippen LogP contribution is 2.31. The molecule has 0 saturated carbocycles. The lowest BCUT2D eigenvalue weighted by Gasteiger charge is -1.98. The number of hydrogen-bond donors (Lipinski definition) is 2. The van der Waals surface area contributed by atoms with E-state index in [0.717, 1.165) is 5.56 Å². The van der Waals surface area contributed by atoms with Crippen LogP contribution in [0.3, 0.4) is 0 Å². The highest BCUT2D eigenvalue weighted by atomic mass is 16.7. The van der Waals surface area contributed by atoms with Crippen molar-refractivity contribution in [3.05, 3.63) is 52.1 Å². The smallest absolute Gasteiger partial charge is 0.331 e. The highest BCUT2D eigenvalue weighted by Gasteiger charge is 2.18. The summed E-state index contributed by atoms with van der Waals surface area (Å²) >= 11 is 0. The fourth-order valence-corrected chi connectivity index (χ4v) is 2.62. The second-order valence-corrected chi connectivity index (χ2v) is 5.69. The summed E-state index contributed by atoms with van der Waals surface area (Å²) in [4.78, 5) is 24.1. The molecule has 0 atom stereocenters. The van der Waals surface area contributed by atoms with Crippen molar-refractivity contribution in [2.75, 3.05) is 6.79 Å². The number of rotatable bonds is 4. The first-order chi connectivity index (χ1) is 12.6. The molecule has 0 bridgehead atoms. The molecule has 26 heavy (non-hydrogen) atoms. The number of nitrogens with zero attached hydrogens (tertiary/aromatic N) is 4. The van der Waals surface area contributed by atoms with Crippen LogP contribution in [0.5, 0.6) is 11.5 Å². The lowest BCUT2D eigenvalue weighted by Crippen LogP contribution is -2.33. The van der Waals surface area contributed by atoms with Crippen LogP contribution < -0.4 is 24.8 Å². The molecule has 0 aliphatic carbocycles. The summed E-state index contributed by atoms with van der Waals surface area (Å²) < 4.78 is 13.3. The van der Waals surface area contributed by atoms with Gasteiger partial charge >= 0.3 is 5.65 Å². The lowest BCUT2D eigenvalue weighted by atomic mass is 10.2. The van der Waals surface area contributed by atoms with Crippen LogP contribution in [0.1, 0.15) is 11.3 Å². The number of H-pyrrole nitrogens is 1. The van der Waals surface area contributed by atoms with Gasteiger partial charge < -0.3 is 9.47 Å². The summed E-state index contributed by atoms with van der Waals surface area (Å²) in [5, 5.41) is 10.9. The van der Waals surface area contributed by atoms with Crippen LogP contribution in [0.4, 0.5) is 0 Å². The summed E-state index contributed by atoms with van der Waals surface area (Å²) in [5.74, 6) is 0.900. The van der Waals surface area contributed by atoms with Crippen molar-refractivity contribution in [3.63, 3.8) is 0 Å². The largest absolute Gasteiger partial charge is 0.454 e. The molecule has 2 aromatic heterocycles. The molecule has 1 aliphatic rings. The van der Waals surface area contributed by atoms with Gasteiger partial charge in [-0.2, -0.15) is 5.10 Å². The molecule has 2 N–H and O–H groups in total. The van der Waals surface area contributed by atoms with Gasteiger partial charge in [0.1, 0.15) is 0 Å². The van der Waals surface area contributed by atoms with Gasteiger partial charge in [0.05, 0.1) is 6.21 Å². The molecule has 1 aliphatic heterocycles. The van der Waals surface area contributed by atoms with Crippen molar-refractivity contribution >= 4 is 17.8 Å². The quantitative estimate of drug-likeness (QED) is 0.372. The van der Waals surface area contributed by atoms with Crippen molar-refractivity contribution in [1.82, 2.24) is 20.3 Å². The highest BCUT2D eigenvalue weighted by molar-refractivity contribution is 5.83. The van der Waals surface area contributed by atoms with Gasteiger partial charge in [0.25, 0.3) is 17.7 Å². The Balaban J connectivity index is 1.44. The van der Waals surface area contributed by atoms with Crippen LogP contribution in [-0.2, 0) is 11.3 Å². The molecule has 0 radical (unpaired) electrons. The Hall–Kier alpha value is -3.69. The number of aromatic nitrogens is 4. The minimum atomic E-state index is -0.410. The Morgan fingerprint density at radius 2 is 2.27 bits per heavy atom. The molecule has 0 saturated heterocycles. The number of hydrazone groups is 1. The Bertz CT molecular complexity index is 1080. The van der Waals surface area contributed by atoms with Gasteiger partial charge in [0, 0.05) is 16.9 Å². The average Bonchev–Trinajstić information content (AvgIpc) is 3.21. The Morgan fingerprint density at radius 1 is 1.42 bits per heavy atom. The van der Waals surface area contributed by atoms with Gasteiger partial charge in [0.15, 0.2) is 18.0 Å². The van der Waals surface area contributed by atoms with E-state index >= 15 is 0 Å². The first-order valence-electron chi connectivity index (χ1n) is 7.79. The third kappa shape index (κ3) is 2.99. The van der Waals surface area contributed by atoms with E-state index in [-0.39, 0.29) is 24.4 Å². The molecule has 3 heterocycles. The maximum Gasteiger partial charge on any atom is 0.331 e. The maximum atomic E-state index is 12.1. The number of aryl methyl sites for hydroxylation is 1. The van der Waals surface area contributed by atoms with E-state index in [1.807, 2.05) is 0 Å². The molecular weight excluding hydrogens is 340 g/mol. The van der Waals surface area contributed by atoms with Crippen molar-refractivity contribution in [3.8, 4) is 11.5 Å². The molecule has 1 aromatic carbocycles. The second kappa shape index (κ2) is 6.31. The molecule has 0 spiro atoms. The molecule has 10 nitrogen and oxygen atoms in total. The van der Waals surface area contributed by atoms with Crippen molar-refractivity contribution in [1.29, 1.82) is 0 Å². The fraction of sp³-hybridized carbons (Fsp3) is 0.188. The number of nitrogens with one attached hydrogen (secondary N) is 2. The topological polar surface area (TPSA) is 115 Å². The van der Waals surface area contributed by atoms with E-state index in [0.29, 0.717) is 17.2 Å². The number of amides is 1. The maximum absolute atomic E-state index is 12.1. The Kier molecular flexibility index (Phi) is 3.84. The standard InChI is InChI=1S/C16H14N6O4/c1-10-4-12(23)16-21(18-8-22(16)20-10)7-15(24)19-17-6-11-2-3-13-14(5-11)26-9-25-13/h2-6,8H,7,9H2,1H3,(H-,19,20,23,24)/p+1. The first kappa shape index (κ1) is 15.8. The third-order valence-corrected chi connectivity index (χ3v) is 3.74. The number of carbonyl (C=O) groups excluding carboxylic acids is 1. The minimum absolute atomic E-state index is 0.138. The van der Waals surface area contributed by atoms with Crippen molar-refractivity contribution < 1.29 is 18.8 Å². The zero-order chi connectivity index (χ0) is 18.1. The zero-order valence-corrected chi connectivity index (χ0v) is 13.8. The third-order valence-electron chi connectivity index (χ3n) is 3.74. The number of hydrogen-bond acceptors (Lipinski definition) is 6. The molecule has 3 aromatic rings. The van der Waals surface area contributed by atoms with Crippen molar-refractivity contribution in [2.24, 2.45) is 5.10 Å². The van der Waals surface area contributed by atoms with E-state index < -0.39 is 5.91 Å². The van der Waals surface area contributed by atoms with Crippen molar-refractivity contribution in [2.45, 2.75) is 13.5 Å². The molecule has 0 fully saturated rings. The minimum Gasteiger partial charge on any atom is -0.454 e. The normalized spacial score (nSPS) is 12.8. The number of aromatic amines is 1. The Morgan fingerprint density at radius 3 is 3.15 bits per heavy atom. The van der Waals surface area contributed by atoms with Crippen LogP contribution in [0.25, 0.3) is 5.65 Å². The van der Waals surface area contributed by atoms with Crippen LogP contribution in [0.2, 0.25) is 0 Å². The second-order valence-electron chi connectivity index (χ2n) is 5.69. The van der Waals surface area contributed by atoms with Gasteiger partial charge in [-0.3, -0.25) is 9.59 Å². The molecule has 4 rings (SSSR count). The van der Waals surface area contributed by atoms with E-state index in [4.69, 9.17) is 9.47 Å². The zero-order valence-electron chi connectivity index (χ0n) is 13.8. The molecule has 132 valence electrons. The molecule has 10 heteroatoms. The van der Waals surface area contributed by atoms with Crippen LogP contribution in [-0.4, -0.2) is 33.8 Å². The van der Waals surface area contributed by atoms with E-state index in [2.05, 4.69) is 20.7 Å². The monoisotopic (exact) mass is 355 g/mol. The summed E-state index contributed by atoms with van der Waals surface area (Å²) in [6.07, 6.45) is 2.93. The Labute approximate surface area is 146 Å². The van der Waals surface area contributed by atoms with E-state index in [1.54, 1.807) is 25.1 Å². The van der Waals surface area contributed by atoms with E-state index in [1.165, 1.54) is 27.8 Å².